The fraction of sp³-hybridized carbons (Fsp3) is 0.438. The maximum Gasteiger partial charge on any atom is 0.338 e. The molecule has 2 aromatic heterocycles. The summed E-state index contributed by atoms with van der Waals surface area (Å²) < 4.78 is 17.2. The van der Waals surface area contributed by atoms with Gasteiger partial charge in [0.05, 0.1) is 23.6 Å². The van der Waals surface area contributed by atoms with Crippen LogP contribution in [0.4, 0.5) is 11.4 Å². The van der Waals surface area contributed by atoms with Gasteiger partial charge in [0.1, 0.15) is 5.69 Å². The highest BCUT2D eigenvalue weighted by molar-refractivity contribution is 7.88. The van der Waals surface area contributed by atoms with Crippen LogP contribution in [-0.4, -0.2) is 52.0 Å². The molecule has 2 saturated carbocycles. The molecule has 0 aromatic carbocycles. The van der Waals surface area contributed by atoms with Gasteiger partial charge in [-0.05, 0) is 88.3 Å². The number of pyridine rings is 2. The van der Waals surface area contributed by atoms with Gasteiger partial charge in [0.15, 0.2) is 0 Å². The molecule has 9 heteroatoms. The minimum absolute atomic E-state index is 0.0205. The Hall–Kier alpha value is -3.59. The van der Waals surface area contributed by atoms with E-state index < -0.39 is 16.8 Å². The molecule has 1 N–H and O–H groups in total. The van der Waals surface area contributed by atoms with Crippen molar-refractivity contribution in [1.29, 1.82) is 0 Å². The van der Waals surface area contributed by atoms with Gasteiger partial charge in [0.2, 0.25) is 0 Å². The number of carbonyl (C=O) groups is 2. The van der Waals surface area contributed by atoms with E-state index in [2.05, 4.69) is 28.9 Å². The van der Waals surface area contributed by atoms with E-state index >= 15 is 0 Å². The van der Waals surface area contributed by atoms with Gasteiger partial charge >= 0.3 is 5.97 Å². The third-order valence-electron chi connectivity index (χ3n) is 7.66. The van der Waals surface area contributed by atoms with E-state index in [4.69, 9.17) is 14.7 Å². The second-order valence-corrected chi connectivity index (χ2v) is 12.2. The van der Waals surface area contributed by atoms with Crippen molar-refractivity contribution in [1.82, 2.24) is 15.3 Å². The summed E-state index contributed by atoms with van der Waals surface area (Å²) in [7, 11) is -1.29. The molecule has 216 valence electrons. The lowest BCUT2D eigenvalue weighted by atomic mass is 10.0. The number of anilines is 2. The Bertz CT molecular complexity index is 1430. The van der Waals surface area contributed by atoms with Gasteiger partial charge in [0, 0.05) is 64.0 Å². The lowest BCUT2D eigenvalue weighted by molar-refractivity contribution is -0.138. The number of aryl methyl sites for hydroxylation is 1. The standard InChI is InChI=1S/C32H38N4O4S/c1-5-24(41(4)39)18-25(32(38)40-6-2)20(3)19-33-31(37)27-13-14-30-26(34-27)8-7-15-36(30)23-16-28(21-9-10-21)35-29(17-23)22-11-12-22/h5,13-14,16-18,21-22H,3,6-12,15,19H2,1-2,4H3,(H,33,37)/b24-5+,25-18+. The van der Waals surface area contributed by atoms with Crippen molar-refractivity contribution in [3.8, 4) is 0 Å². The third-order valence-corrected chi connectivity index (χ3v) is 8.68. The number of nitrogens with one attached hydrogen (secondary N) is 1. The number of aromatic nitrogens is 2. The van der Waals surface area contributed by atoms with E-state index in [0.29, 0.717) is 28.0 Å². The van der Waals surface area contributed by atoms with Crippen molar-refractivity contribution in [2.75, 3.05) is 30.9 Å². The largest absolute Gasteiger partial charge is 0.462 e. The molecule has 0 saturated heterocycles. The van der Waals surface area contributed by atoms with Crippen molar-refractivity contribution >= 4 is 34.1 Å². The summed E-state index contributed by atoms with van der Waals surface area (Å²) in [6.45, 7) is 8.56. The molecule has 5 rings (SSSR count). The molecule has 0 bridgehead atoms. The molecular weight excluding hydrogens is 536 g/mol. The van der Waals surface area contributed by atoms with Gasteiger partial charge in [-0.1, -0.05) is 12.7 Å². The van der Waals surface area contributed by atoms with E-state index in [1.807, 2.05) is 6.07 Å². The Labute approximate surface area is 244 Å². The second-order valence-electron chi connectivity index (χ2n) is 10.9. The van der Waals surface area contributed by atoms with E-state index in [0.717, 1.165) is 30.8 Å². The zero-order valence-corrected chi connectivity index (χ0v) is 24.9. The average Bonchev–Trinajstić information content (AvgIpc) is 3.89. The molecule has 0 spiro atoms. The van der Waals surface area contributed by atoms with Crippen molar-refractivity contribution in [3.63, 3.8) is 0 Å². The first-order chi connectivity index (χ1) is 19.8. The van der Waals surface area contributed by atoms with E-state index in [1.165, 1.54) is 55.1 Å². The van der Waals surface area contributed by atoms with Crippen LogP contribution in [0.3, 0.4) is 0 Å². The smallest absolute Gasteiger partial charge is 0.338 e. The van der Waals surface area contributed by atoms with Crippen LogP contribution in [-0.2, 0) is 26.8 Å². The summed E-state index contributed by atoms with van der Waals surface area (Å²) in [5.74, 6) is 0.247. The van der Waals surface area contributed by atoms with Crippen LogP contribution in [0.1, 0.15) is 85.4 Å². The summed E-state index contributed by atoms with van der Waals surface area (Å²) in [6.07, 6.45) is 11.3. The second kappa shape index (κ2) is 12.5. The minimum atomic E-state index is -1.29. The Kier molecular flexibility index (Phi) is 8.82. The highest BCUT2D eigenvalue weighted by Gasteiger charge is 2.31. The number of carbonyl (C=O) groups excluding carboxylic acids is 2. The predicted molar refractivity (Wildman–Crippen MR) is 162 cm³/mol. The molecule has 0 radical (unpaired) electrons. The Balaban J connectivity index is 1.32. The summed E-state index contributed by atoms with van der Waals surface area (Å²) in [6, 6.07) is 8.22. The lowest BCUT2D eigenvalue weighted by Gasteiger charge is -2.31. The van der Waals surface area contributed by atoms with Crippen LogP contribution >= 0.6 is 0 Å². The lowest BCUT2D eigenvalue weighted by Crippen LogP contribution is -2.30. The zero-order valence-electron chi connectivity index (χ0n) is 24.1. The number of ether oxygens (including phenoxy) is 1. The molecule has 1 unspecified atom stereocenters. The SMILES string of the molecule is C=C(CNC(=O)c1ccc2c(n1)CCCN2c1cc(C2CC2)nc(C2CC2)c1)/C(=C\C(=C/C)S(C)=O)C(=O)OCC. The molecule has 41 heavy (non-hydrogen) atoms. The Morgan fingerprint density at radius 1 is 1.15 bits per heavy atom. The quantitative estimate of drug-likeness (QED) is 0.219. The van der Waals surface area contributed by atoms with Crippen LogP contribution in [0.2, 0.25) is 0 Å². The first-order valence-corrected chi connectivity index (χ1v) is 16.0. The van der Waals surface area contributed by atoms with Crippen molar-refractivity contribution < 1.29 is 18.5 Å². The van der Waals surface area contributed by atoms with Crippen LogP contribution < -0.4 is 10.2 Å². The van der Waals surface area contributed by atoms with Gasteiger partial charge < -0.3 is 15.0 Å². The highest BCUT2D eigenvalue weighted by Crippen LogP contribution is 2.45. The van der Waals surface area contributed by atoms with Crippen LogP contribution in [0.15, 0.2) is 59.0 Å². The maximum absolute atomic E-state index is 13.1. The molecule has 2 aliphatic carbocycles. The molecule has 8 nitrogen and oxygen atoms in total. The average molecular weight is 575 g/mol. The third kappa shape index (κ3) is 6.84. The number of amides is 1. The molecule has 1 atom stereocenters. The topological polar surface area (TPSA) is 101 Å². The molecule has 1 aliphatic heterocycles. The highest BCUT2D eigenvalue weighted by atomic mass is 32.2. The normalized spacial score (nSPS) is 18.0. The Morgan fingerprint density at radius 3 is 2.41 bits per heavy atom. The first-order valence-electron chi connectivity index (χ1n) is 14.4. The monoisotopic (exact) mass is 574 g/mol. The van der Waals surface area contributed by atoms with Crippen molar-refractivity contribution in [2.24, 2.45) is 0 Å². The van der Waals surface area contributed by atoms with Gasteiger partial charge in [-0.2, -0.15) is 0 Å². The predicted octanol–water partition coefficient (Wildman–Crippen LogP) is 5.37. The number of fused-ring (bicyclic) bond motifs is 1. The van der Waals surface area contributed by atoms with Crippen LogP contribution in [0, 0.1) is 0 Å². The van der Waals surface area contributed by atoms with E-state index in [9.17, 15) is 13.8 Å². The summed E-state index contributed by atoms with van der Waals surface area (Å²) in [5.41, 5.74) is 6.39. The van der Waals surface area contributed by atoms with Gasteiger partial charge in [-0.15, -0.1) is 0 Å². The first kappa shape index (κ1) is 28.9. The number of hydrogen-bond acceptors (Lipinski definition) is 7. The number of esters is 1. The minimum Gasteiger partial charge on any atom is -0.462 e. The van der Waals surface area contributed by atoms with E-state index in [1.54, 1.807) is 26.0 Å². The van der Waals surface area contributed by atoms with Gasteiger partial charge in [-0.3, -0.25) is 14.0 Å². The molecule has 3 heterocycles. The summed E-state index contributed by atoms with van der Waals surface area (Å²) >= 11 is 0. The Morgan fingerprint density at radius 2 is 1.83 bits per heavy atom. The number of rotatable bonds is 11. The van der Waals surface area contributed by atoms with Crippen LogP contribution in [0.25, 0.3) is 0 Å². The fourth-order valence-corrected chi connectivity index (χ4v) is 5.71. The molecule has 1 amide bonds. The summed E-state index contributed by atoms with van der Waals surface area (Å²) in [5, 5.41) is 2.83. The van der Waals surface area contributed by atoms with Gasteiger partial charge in [-0.25, -0.2) is 9.78 Å². The van der Waals surface area contributed by atoms with Gasteiger partial charge in [0.25, 0.3) is 5.91 Å². The molecule has 3 aliphatic rings. The maximum atomic E-state index is 13.1. The zero-order chi connectivity index (χ0) is 29.1. The number of nitrogens with zero attached hydrogens (tertiary/aromatic N) is 3. The van der Waals surface area contributed by atoms with Crippen molar-refractivity contribution in [2.45, 2.75) is 64.2 Å². The summed E-state index contributed by atoms with van der Waals surface area (Å²) in [4.78, 5) is 38.2. The molecule has 2 fully saturated rings. The molecular formula is C32H38N4O4S. The molecule has 2 aromatic rings. The number of allylic oxidation sites excluding steroid dienone is 2. The van der Waals surface area contributed by atoms with Crippen molar-refractivity contribution in [3.05, 3.63) is 81.8 Å². The van der Waals surface area contributed by atoms with Crippen LogP contribution in [0.5, 0.6) is 0 Å². The number of hydrogen-bond donors (Lipinski definition) is 1. The fourth-order valence-electron chi connectivity index (χ4n) is 5.10. The van der Waals surface area contributed by atoms with E-state index in [-0.39, 0.29) is 24.6 Å².